The maximum absolute atomic E-state index is 15.6. The van der Waals surface area contributed by atoms with E-state index in [0.717, 1.165) is 31.0 Å². The van der Waals surface area contributed by atoms with Crippen LogP contribution in [-0.4, -0.2) is 40.7 Å². The Morgan fingerprint density at radius 2 is 1.77 bits per heavy atom. The molecular formula is C27H24Cl2F2N4O4S. The highest BCUT2D eigenvalue weighted by atomic mass is 35.5. The predicted octanol–water partition coefficient (Wildman–Crippen LogP) is 5.89. The number of anilines is 2. The molecule has 0 unspecified atom stereocenters. The summed E-state index contributed by atoms with van der Waals surface area (Å²) in [6.45, 7) is -0.565. The van der Waals surface area contributed by atoms with Gasteiger partial charge < -0.3 is 15.5 Å². The zero-order valence-electron chi connectivity index (χ0n) is 20.8. The fourth-order valence-electron chi connectivity index (χ4n) is 4.69. The highest BCUT2D eigenvalue weighted by Gasteiger charge is 2.25. The number of halogens is 4. The molecule has 1 fully saturated rings. The van der Waals surface area contributed by atoms with Gasteiger partial charge in [0.1, 0.15) is 10.7 Å². The molecule has 5 rings (SSSR count). The zero-order chi connectivity index (χ0) is 28.6. The number of aromatic nitrogens is 2. The second-order valence-electron chi connectivity index (χ2n) is 9.54. The van der Waals surface area contributed by atoms with Crippen LogP contribution < -0.4 is 10.0 Å². The van der Waals surface area contributed by atoms with E-state index in [2.05, 4.69) is 20.0 Å². The Bertz CT molecular complexity index is 1700. The van der Waals surface area contributed by atoms with Crippen LogP contribution in [0.2, 0.25) is 10.0 Å². The molecule has 1 aliphatic carbocycles. The molecular weight excluding hydrogens is 585 g/mol. The number of aliphatic hydroxyl groups excluding tert-OH is 2. The second kappa shape index (κ2) is 11.4. The molecule has 0 atom stereocenters. The molecule has 4 N–H and O–H groups in total. The summed E-state index contributed by atoms with van der Waals surface area (Å²) in [4.78, 5) is 8.35. The van der Waals surface area contributed by atoms with Gasteiger partial charge in [0.05, 0.1) is 34.5 Å². The van der Waals surface area contributed by atoms with Gasteiger partial charge in [-0.15, -0.1) is 0 Å². The van der Waals surface area contributed by atoms with Crippen molar-refractivity contribution in [3.05, 3.63) is 75.9 Å². The van der Waals surface area contributed by atoms with Crippen molar-refractivity contribution in [2.24, 2.45) is 0 Å². The molecule has 3 aromatic carbocycles. The highest BCUT2D eigenvalue weighted by Crippen LogP contribution is 2.35. The van der Waals surface area contributed by atoms with Crippen LogP contribution in [0.1, 0.15) is 31.2 Å². The minimum absolute atomic E-state index is 0.00312. The molecule has 1 aliphatic rings. The first kappa shape index (κ1) is 28.4. The van der Waals surface area contributed by atoms with E-state index in [-0.39, 0.29) is 33.3 Å². The van der Waals surface area contributed by atoms with Gasteiger partial charge in [-0.05, 0) is 73.2 Å². The third-order valence-electron chi connectivity index (χ3n) is 6.77. The van der Waals surface area contributed by atoms with Gasteiger partial charge in [-0.25, -0.2) is 27.2 Å². The first-order valence-electron chi connectivity index (χ1n) is 12.4. The monoisotopic (exact) mass is 608 g/mol. The van der Waals surface area contributed by atoms with Crippen molar-refractivity contribution < 1.29 is 27.4 Å². The molecule has 0 spiro atoms. The van der Waals surface area contributed by atoms with Gasteiger partial charge in [-0.2, -0.15) is 0 Å². The molecule has 0 radical (unpaired) electrons. The van der Waals surface area contributed by atoms with Gasteiger partial charge in [-0.3, -0.25) is 4.72 Å². The molecule has 40 heavy (non-hydrogen) atoms. The Morgan fingerprint density at radius 1 is 1.02 bits per heavy atom. The summed E-state index contributed by atoms with van der Waals surface area (Å²) >= 11 is 12.1. The number of hydrogen-bond acceptors (Lipinski definition) is 7. The number of hydrogen-bond donors (Lipinski definition) is 4. The van der Waals surface area contributed by atoms with Crippen LogP contribution in [0, 0.1) is 11.6 Å². The molecule has 1 heterocycles. The summed E-state index contributed by atoms with van der Waals surface area (Å²) in [5, 5.41) is 22.7. The van der Waals surface area contributed by atoms with Gasteiger partial charge in [0.25, 0.3) is 10.0 Å². The van der Waals surface area contributed by atoms with Crippen LogP contribution in [0.15, 0.2) is 53.6 Å². The molecule has 0 saturated heterocycles. The van der Waals surface area contributed by atoms with E-state index in [4.69, 9.17) is 23.2 Å². The van der Waals surface area contributed by atoms with Crippen molar-refractivity contribution in [2.75, 3.05) is 10.0 Å². The molecule has 0 amide bonds. The van der Waals surface area contributed by atoms with Gasteiger partial charge in [0.2, 0.25) is 5.95 Å². The Labute approximate surface area is 239 Å². The lowest BCUT2D eigenvalue weighted by Gasteiger charge is -2.26. The largest absolute Gasteiger partial charge is 0.393 e. The van der Waals surface area contributed by atoms with Gasteiger partial charge in [0, 0.05) is 22.6 Å². The number of nitrogens with zero attached hydrogens (tertiary/aromatic N) is 2. The summed E-state index contributed by atoms with van der Waals surface area (Å²) in [5.74, 6) is -1.62. The van der Waals surface area contributed by atoms with Crippen molar-refractivity contribution in [1.29, 1.82) is 0 Å². The smallest absolute Gasteiger partial charge is 0.263 e. The summed E-state index contributed by atoms with van der Waals surface area (Å²) < 4.78 is 58.7. The SMILES string of the molecule is O=S(=O)(Nc1ccc(F)c(-c2ccc3nc(NC4CCC(O)CC4)ncc3c2)c1F)c1cc(Cl)cc(CO)c1Cl. The van der Waals surface area contributed by atoms with Crippen LogP contribution in [0.4, 0.5) is 20.4 Å². The number of fused-ring (bicyclic) bond motifs is 1. The van der Waals surface area contributed by atoms with Crippen molar-refractivity contribution in [2.45, 2.75) is 49.3 Å². The summed E-state index contributed by atoms with van der Waals surface area (Å²) in [6.07, 6.45) is 4.26. The van der Waals surface area contributed by atoms with E-state index in [1.165, 1.54) is 24.4 Å². The van der Waals surface area contributed by atoms with Crippen LogP contribution in [0.25, 0.3) is 22.0 Å². The van der Waals surface area contributed by atoms with Gasteiger partial charge >= 0.3 is 0 Å². The highest BCUT2D eigenvalue weighted by molar-refractivity contribution is 7.92. The molecule has 1 saturated carbocycles. The molecule has 4 aromatic rings. The standard InChI is InChI=1S/C27H24Cl2F2N4O4S/c28-17-10-16(13-36)25(29)23(11-17)40(38,39)35-22-8-6-20(30)24(26(22)31)14-1-7-21-15(9-14)12-32-27(34-21)33-18-2-4-19(37)5-3-18/h1,6-12,18-19,35-37H,2-5,13H2,(H,32,33,34). The fraction of sp³-hybridized carbons (Fsp3) is 0.259. The topological polar surface area (TPSA) is 124 Å². The minimum atomic E-state index is -4.47. The molecule has 8 nitrogen and oxygen atoms in total. The Hall–Kier alpha value is -3.09. The molecule has 1 aromatic heterocycles. The average Bonchev–Trinajstić information content (AvgIpc) is 2.92. The fourth-order valence-corrected chi connectivity index (χ4v) is 6.67. The van der Waals surface area contributed by atoms with E-state index in [1.807, 2.05) is 0 Å². The van der Waals surface area contributed by atoms with Gasteiger partial charge in [-0.1, -0.05) is 29.3 Å². The number of rotatable bonds is 7. The Kier molecular flexibility index (Phi) is 8.12. The summed E-state index contributed by atoms with van der Waals surface area (Å²) in [6, 6.07) is 9.02. The van der Waals surface area contributed by atoms with Crippen molar-refractivity contribution in [1.82, 2.24) is 9.97 Å². The van der Waals surface area contributed by atoms with E-state index in [1.54, 1.807) is 6.07 Å². The van der Waals surface area contributed by atoms with E-state index in [0.29, 0.717) is 29.7 Å². The number of sulfonamides is 1. The molecule has 210 valence electrons. The van der Waals surface area contributed by atoms with E-state index in [9.17, 15) is 23.0 Å². The van der Waals surface area contributed by atoms with E-state index >= 15 is 4.39 Å². The van der Waals surface area contributed by atoms with Crippen LogP contribution in [0.3, 0.4) is 0 Å². The second-order valence-corrected chi connectivity index (χ2v) is 12.0. The number of aliphatic hydroxyl groups is 2. The lowest BCUT2D eigenvalue weighted by molar-refractivity contribution is 0.126. The maximum Gasteiger partial charge on any atom is 0.263 e. The zero-order valence-corrected chi connectivity index (χ0v) is 23.2. The first-order chi connectivity index (χ1) is 19.1. The number of benzene rings is 3. The first-order valence-corrected chi connectivity index (χ1v) is 14.6. The lowest BCUT2D eigenvalue weighted by Crippen LogP contribution is -2.28. The average molecular weight is 609 g/mol. The molecule has 13 heteroatoms. The lowest BCUT2D eigenvalue weighted by atomic mass is 9.93. The Morgan fingerprint density at radius 3 is 2.50 bits per heavy atom. The van der Waals surface area contributed by atoms with E-state index < -0.39 is 44.4 Å². The third kappa shape index (κ3) is 5.84. The number of nitrogens with one attached hydrogen (secondary N) is 2. The summed E-state index contributed by atoms with van der Waals surface area (Å²) in [7, 11) is -4.47. The predicted molar refractivity (Wildman–Crippen MR) is 150 cm³/mol. The molecule has 0 bridgehead atoms. The Balaban J connectivity index is 1.44. The summed E-state index contributed by atoms with van der Waals surface area (Å²) in [5.41, 5.74) is -0.184. The van der Waals surface area contributed by atoms with Crippen LogP contribution in [0.5, 0.6) is 0 Å². The van der Waals surface area contributed by atoms with Gasteiger partial charge in [0.15, 0.2) is 5.82 Å². The minimum Gasteiger partial charge on any atom is -0.393 e. The van der Waals surface area contributed by atoms with Crippen molar-refractivity contribution in [3.63, 3.8) is 0 Å². The third-order valence-corrected chi connectivity index (χ3v) is 8.94. The van der Waals surface area contributed by atoms with Crippen LogP contribution >= 0.6 is 23.2 Å². The maximum atomic E-state index is 15.6. The van der Waals surface area contributed by atoms with Crippen LogP contribution in [-0.2, 0) is 16.6 Å². The molecule has 0 aliphatic heterocycles. The quantitative estimate of drug-likeness (QED) is 0.206. The normalized spacial score (nSPS) is 17.6. The van der Waals surface area contributed by atoms with Crippen molar-refractivity contribution in [3.8, 4) is 11.1 Å². The van der Waals surface area contributed by atoms with Crippen molar-refractivity contribution >= 4 is 55.8 Å².